The van der Waals surface area contributed by atoms with E-state index in [4.69, 9.17) is 21.1 Å². The second-order valence-corrected chi connectivity index (χ2v) is 6.93. The number of amides is 1. The molecule has 3 heterocycles. The van der Waals surface area contributed by atoms with Crippen LogP contribution in [0.1, 0.15) is 34.9 Å². The van der Waals surface area contributed by atoms with Crippen LogP contribution in [0.15, 0.2) is 24.4 Å². The molecule has 0 aliphatic carbocycles. The molecule has 1 aromatic carbocycles. The number of nitrogens with zero attached hydrogens (tertiary/aromatic N) is 2. The average molecular weight is 363 g/mol. The summed E-state index contributed by atoms with van der Waals surface area (Å²) in [6.07, 6.45) is 2.93. The maximum Gasteiger partial charge on any atom is 0.256 e. The van der Waals surface area contributed by atoms with Crippen molar-refractivity contribution in [1.82, 2.24) is 9.47 Å². The van der Waals surface area contributed by atoms with E-state index in [1.54, 1.807) is 29.3 Å². The fraction of sp³-hybridized carbons (Fsp3) is 0.444. The quantitative estimate of drug-likeness (QED) is 0.782. The summed E-state index contributed by atoms with van der Waals surface area (Å²) in [5.74, 6) is -0.755. The first-order chi connectivity index (χ1) is 12.0. The van der Waals surface area contributed by atoms with E-state index < -0.39 is 5.79 Å². The summed E-state index contributed by atoms with van der Waals surface area (Å²) in [7, 11) is 0. The van der Waals surface area contributed by atoms with Gasteiger partial charge in [0.25, 0.3) is 5.91 Å². The molecule has 0 saturated carbocycles. The van der Waals surface area contributed by atoms with Crippen LogP contribution >= 0.6 is 11.6 Å². The van der Waals surface area contributed by atoms with E-state index in [1.165, 1.54) is 11.5 Å². The molecule has 0 N–H and O–H groups in total. The van der Waals surface area contributed by atoms with Crippen molar-refractivity contribution in [2.24, 2.45) is 0 Å². The number of ether oxygens (including phenoxy) is 2. The summed E-state index contributed by atoms with van der Waals surface area (Å²) in [6, 6.07) is 5.23. The first-order valence-electron chi connectivity index (χ1n) is 8.38. The Balaban J connectivity index is 1.63. The zero-order chi connectivity index (χ0) is 17.6. The van der Waals surface area contributed by atoms with Crippen LogP contribution in [-0.2, 0) is 9.47 Å². The summed E-state index contributed by atoms with van der Waals surface area (Å²) in [6.45, 7) is 3.83. The van der Waals surface area contributed by atoms with Gasteiger partial charge in [0.05, 0.1) is 24.3 Å². The molecule has 7 heteroatoms. The van der Waals surface area contributed by atoms with Gasteiger partial charge < -0.3 is 14.4 Å². The molecule has 0 atom stereocenters. The zero-order valence-corrected chi connectivity index (χ0v) is 14.7. The number of piperidine rings is 1. The molecule has 0 unspecified atom stereocenters. The molecule has 1 amide bonds. The van der Waals surface area contributed by atoms with Crippen molar-refractivity contribution in [3.05, 3.63) is 35.0 Å². The summed E-state index contributed by atoms with van der Waals surface area (Å²) in [4.78, 5) is 26.7. The molecule has 132 valence electrons. The highest BCUT2D eigenvalue weighted by Crippen LogP contribution is 2.33. The molecule has 2 fully saturated rings. The van der Waals surface area contributed by atoms with E-state index in [0.717, 1.165) is 5.39 Å². The van der Waals surface area contributed by atoms with E-state index in [0.29, 0.717) is 55.2 Å². The normalized spacial score (nSPS) is 19.7. The number of likely N-dealkylation sites (tertiary alicyclic amines) is 1. The molecule has 25 heavy (non-hydrogen) atoms. The van der Waals surface area contributed by atoms with Crippen LogP contribution in [0.4, 0.5) is 0 Å². The van der Waals surface area contributed by atoms with Gasteiger partial charge in [-0.3, -0.25) is 14.2 Å². The first kappa shape index (κ1) is 16.6. The lowest BCUT2D eigenvalue weighted by Gasteiger charge is -2.37. The number of carbonyl (C=O) groups is 2. The minimum atomic E-state index is -0.516. The molecule has 1 spiro atoms. The lowest BCUT2D eigenvalue weighted by atomic mass is 10.0. The summed E-state index contributed by atoms with van der Waals surface area (Å²) in [5.41, 5.74) is 1.17. The highest BCUT2D eigenvalue weighted by Gasteiger charge is 2.41. The Morgan fingerprint density at radius 2 is 1.84 bits per heavy atom. The Kier molecular flexibility index (Phi) is 4.06. The molecule has 2 aliphatic heterocycles. The Morgan fingerprint density at radius 1 is 1.16 bits per heavy atom. The van der Waals surface area contributed by atoms with Crippen molar-refractivity contribution in [2.75, 3.05) is 26.3 Å². The molecule has 1 aromatic heterocycles. The fourth-order valence-electron chi connectivity index (χ4n) is 3.64. The van der Waals surface area contributed by atoms with Crippen LogP contribution in [0.25, 0.3) is 10.9 Å². The van der Waals surface area contributed by atoms with Crippen molar-refractivity contribution in [3.63, 3.8) is 0 Å². The number of aromatic nitrogens is 1. The zero-order valence-electron chi connectivity index (χ0n) is 14.0. The van der Waals surface area contributed by atoms with Gasteiger partial charge >= 0.3 is 0 Å². The average Bonchev–Trinajstić information content (AvgIpc) is 3.19. The number of benzene rings is 1. The Hall–Kier alpha value is -1.89. The highest BCUT2D eigenvalue weighted by atomic mass is 35.5. The largest absolute Gasteiger partial charge is 0.347 e. The molecule has 2 aromatic rings. The molecule has 0 bridgehead atoms. The van der Waals surface area contributed by atoms with E-state index in [-0.39, 0.29) is 11.8 Å². The second kappa shape index (κ2) is 6.12. The van der Waals surface area contributed by atoms with Gasteiger partial charge in [-0.25, -0.2) is 0 Å². The number of halogens is 1. The van der Waals surface area contributed by atoms with Gasteiger partial charge in [0.15, 0.2) is 5.79 Å². The van der Waals surface area contributed by atoms with Crippen molar-refractivity contribution < 1.29 is 19.1 Å². The third-order valence-electron chi connectivity index (χ3n) is 4.96. The van der Waals surface area contributed by atoms with E-state index in [1.807, 2.05) is 0 Å². The standard InChI is InChI=1S/C18H19ClN2O4/c1-12(22)21-11-15(14-3-2-13(19)10-16(14)21)17(23)20-6-4-18(5-7-20)24-8-9-25-18/h2-3,10-11H,4-9H2,1H3. The van der Waals surface area contributed by atoms with Gasteiger partial charge in [0, 0.05) is 49.5 Å². The Bertz CT molecular complexity index is 844. The monoisotopic (exact) mass is 362 g/mol. The van der Waals surface area contributed by atoms with Gasteiger partial charge in [-0.2, -0.15) is 0 Å². The lowest BCUT2D eigenvalue weighted by molar-refractivity contribution is -0.181. The molecule has 6 nitrogen and oxygen atoms in total. The predicted octanol–water partition coefficient (Wildman–Crippen LogP) is 2.93. The number of hydrogen-bond donors (Lipinski definition) is 0. The smallest absolute Gasteiger partial charge is 0.256 e. The minimum Gasteiger partial charge on any atom is -0.347 e. The van der Waals surface area contributed by atoms with E-state index in [2.05, 4.69) is 0 Å². The van der Waals surface area contributed by atoms with Crippen LogP contribution in [0, 0.1) is 0 Å². The number of rotatable bonds is 1. The van der Waals surface area contributed by atoms with Gasteiger partial charge in [0.2, 0.25) is 5.91 Å². The molecular weight excluding hydrogens is 344 g/mol. The van der Waals surface area contributed by atoms with Crippen LogP contribution < -0.4 is 0 Å². The molecule has 2 saturated heterocycles. The van der Waals surface area contributed by atoms with Crippen molar-refractivity contribution in [1.29, 1.82) is 0 Å². The van der Waals surface area contributed by atoms with Gasteiger partial charge in [0.1, 0.15) is 0 Å². The topological polar surface area (TPSA) is 60.8 Å². The molecular formula is C18H19ClN2O4. The summed E-state index contributed by atoms with van der Waals surface area (Å²) >= 11 is 6.05. The van der Waals surface area contributed by atoms with Crippen LogP contribution in [-0.4, -0.2) is 53.4 Å². The van der Waals surface area contributed by atoms with Crippen LogP contribution in [0.5, 0.6) is 0 Å². The highest BCUT2D eigenvalue weighted by molar-refractivity contribution is 6.31. The van der Waals surface area contributed by atoms with Crippen molar-refractivity contribution in [3.8, 4) is 0 Å². The van der Waals surface area contributed by atoms with E-state index >= 15 is 0 Å². The van der Waals surface area contributed by atoms with Gasteiger partial charge in [-0.05, 0) is 12.1 Å². The van der Waals surface area contributed by atoms with Crippen molar-refractivity contribution >= 4 is 34.3 Å². The predicted molar refractivity (Wildman–Crippen MR) is 93.0 cm³/mol. The lowest BCUT2D eigenvalue weighted by Crippen LogP contribution is -2.47. The second-order valence-electron chi connectivity index (χ2n) is 6.49. The fourth-order valence-corrected chi connectivity index (χ4v) is 3.80. The maximum absolute atomic E-state index is 13.0. The SMILES string of the molecule is CC(=O)n1cc(C(=O)N2CCC3(CC2)OCCO3)c2ccc(Cl)cc21. The molecule has 0 radical (unpaired) electrons. The van der Waals surface area contributed by atoms with E-state index in [9.17, 15) is 9.59 Å². The maximum atomic E-state index is 13.0. The van der Waals surface area contributed by atoms with Crippen molar-refractivity contribution in [2.45, 2.75) is 25.6 Å². The first-order valence-corrected chi connectivity index (χ1v) is 8.76. The molecule has 4 rings (SSSR count). The Morgan fingerprint density at radius 3 is 2.48 bits per heavy atom. The number of fused-ring (bicyclic) bond motifs is 1. The van der Waals surface area contributed by atoms with Gasteiger partial charge in [-0.15, -0.1) is 0 Å². The number of carbonyl (C=O) groups excluding carboxylic acids is 2. The molecule has 2 aliphatic rings. The Labute approximate surface area is 150 Å². The summed E-state index contributed by atoms with van der Waals surface area (Å²) in [5, 5.41) is 1.26. The summed E-state index contributed by atoms with van der Waals surface area (Å²) < 4.78 is 12.9. The third kappa shape index (κ3) is 2.84. The minimum absolute atomic E-state index is 0.0832. The van der Waals surface area contributed by atoms with Gasteiger partial charge in [-0.1, -0.05) is 17.7 Å². The van der Waals surface area contributed by atoms with Crippen LogP contribution in [0.2, 0.25) is 5.02 Å². The van der Waals surface area contributed by atoms with Crippen LogP contribution in [0.3, 0.4) is 0 Å². The third-order valence-corrected chi connectivity index (χ3v) is 5.20. The number of hydrogen-bond acceptors (Lipinski definition) is 4.